The first kappa shape index (κ1) is 45.9. The Hall–Kier alpha value is -2.13. The Morgan fingerprint density at radius 3 is 1.88 bits per heavy atom. The van der Waals surface area contributed by atoms with Crippen molar-refractivity contribution in [1.29, 1.82) is 0 Å². The molecule has 0 aliphatic carbocycles. The van der Waals surface area contributed by atoms with Crippen LogP contribution in [0.4, 0.5) is 0 Å². The molecule has 0 radical (unpaired) electrons. The van der Waals surface area contributed by atoms with E-state index in [-0.39, 0.29) is 19.4 Å². The Kier molecular flexibility index (Phi) is 26.1. The molecule has 4 N–H and O–H groups in total. The molecule has 6 atom stereocenters. The van der Waals surface area contributed by atoms with Crippen molar-refractivity contribution in [1.82, 2.24) is 0 Å². The van der Waals surface area contributed by atoms with Gasteiger partial charge >= 0.3 is 11.9 Å². The molecular weight excluding hydrogens is 668 g/mol. The van der Waals surface area contributed by atoms with Gasteiger partial charge in [-0.25, -0.2) is 0 Å². The van der Waals surface area contributed by atoms with Crippen molar-refractivity contribution in [2.24, 2.45) is 0 Å². The van der Waals surface area contributed by atoms with E-state index in [2.05, 4.69) is 50.3 Å². The second kappa shape index (κ2) is 28.5. The lowest BCUT2D eigenvalue weighted by atomic mass is 10.00. The molecule has 0 aromatic rings. The van der Waals surface area contributed by atoms with Gasteiger partial charge in [-0.2, -0.15) is 8.42 Å². The molecule has 1 rings (SSSR count). The van der Waals surface area contributed by atoms with Crippen molar-refractivity contribution in [3.8, 4) is 0 Å². The van der Waals surface area contributed by atoms with Crippen LogP contribution in [0, 0.1) is 0 Å². The van der Waals surface area contributed by atoms with Crippen LogP contribution in [0.25, 0.3) is 0 Å². The second-order valence-electron chi connectivity index (χ2n) is 12.9. The summed E-state index contributed by atoms with van der Waals surface area (Å²) in [6.45, 7) is 3.53. The summed E-state index contributed by atoms with van der Waals surface area (Å²) in [7, 11) is -4.59. The maximum absolute atomic E-state index is 12.6. The summed E-state index contributed by atoms with van der Waals surface area (Å²) in [4.78, 5) is 25.1. The summed E-state index contributed by atoms with van der Waals surface area (Å²) in [5.41, 5.74) is 0. The summed E-state index contributed by atoms with van der Waals surface area (Å²) < 4.78 is 53.6. The Morgan fingerprint density at radius 2 is 1.26 bits per heavy atom. The number of carbonyl (C=O) groups excluding carboxylic acids is 2. The van der Waals surface area contributed by atoms with Crippen molar-refractivity contribution in [3.63, 3.8) is 0 Å². The minimum atomic E-state index is -4.59. The standard InChI is InChI=1S/C37H64O12S/c1-3-5-7-9-11-12-13-14-15-16-17-18-20-21-23-25-32(38)46-27-30(48-33(39)26-24-22-19-10-8-6-4-2)28-47-37-36(42)35(41)34(40)31(49-37)29-50(43,44)45/h5,7,11-12,14-15,30-31,34-37,40-42H,3-4,6,8-10,13,16-29H2,1-2H3,(H,43,44,45)/b7-5+,12-11+,15-14+/t30-,31-,34-,35?,36?,37+/m1/s1. The lowest BCUT2D eigenvalue weighted by molar-refractivity contribution is -0.297. The minimum Gasteiger partial charge on any atom is -0.462 e. The highest BCUT2D eigenvalue weighted by atomic mass is 32.2. The minimum absolute atomic E-state index is 0.159. The summed E-state index contributed by atoms with van der Waals surface area (Å²) in [5, 5.41) is 30.6. The molecule has 0 bridgehead atoms. The molecule has 2 unspecified atom stereocenters. The molecule has 1 fully saturated rings. The van der Waals surface area contributed by atoms with Crippen molar-refractivity contribution in [2.75, 3.05) is 19.0 Å². The van der Waals surface area contributed by atoms with Crippen LogP contribution in [0.2, 0.25) is 0 Å². The smallest absolute Gasteiger partial charge is 0.306 e. The third-order valence-corrected chi connectivity index (χ3v) is 8.98. The third-order valence-electron chi connectivity index (χ3n) is 8.23. The van der Waals surface area contributed by atoms with E-state index in [9.17, 15) is 37.9 Å². The SMILES string of the molecule is CC/C=C/C/C=C/C/C=C/CCCCCCCC(=O)OC[C@H](CO[C@H]1O[C@H](CS(=O)(=O)O)[C@@H](O)C(O)C1O)OC(=O)CCCCCCCCC. The first-order valence-corrected chi connectivity index (χ1v) is 20.2. The van der Waals surface area contributed by atoms with Crippen LogP contribution in [0.5, 0.6) is 0 Å². The topological polar surface area (TPSA) is 186 Å². The number of aliphatic hydroxyl groups excluding tert-OH is 3. The second-order valence-corrected chi connectivity index (χ2v) is 14.4. The van der Waals surface area contributed by atoms with Crippen molar-refractivity contribution >= 4 is 22.1 Å². The predicted molar refractivity (Wildman–Crippen MR) is 192 cm³/mol. The lowest BCUT2D eigenvalue weighted by Gasteiger charge is -2.40. The molecule has 1 heterocycles. The fourth-order valence-corrected chi connectivity index (χ4v) is 6.03. The van der Waals surface area contributed by atoms with Gasteiger partial charge in [0.15, 0.2) is 12.4 Å². The van der Waals surface area contributed by atoms with E-state index in [1.54, 1.807) is 0 Å². The van der Waals surface area contributed by atoms with Gasteiger partial charge in [0.05, 0.1) is 6.61 Å². The van der Waals surface area contributed by atoms with Gasteiger partial charge in [0, 0.05) is 12.8 Å². The quantitative estimate of drug-likeness (QED) is 0.0310. The Labute approximate surface area is 300 Å². The number of aliphatic hydroxyl groups is 3. The van der Waals surface area contributed by atoms with E-state index in [0.717, 1.165) is 83.5 Å². The van der Waals surface area contributed by atoms with Gasteiger partial charge in [-0.3, -0.25) is 14.1 Å². The molecule has 1 saturated heterocycles. The van der Waals surface area contributed by atoms with Crippen molar-refractivity contribution < 1.29 is 56.8 Å². The molecular formula is C37H64O12S. The number of allylic oxidation sites excluding steroid dienone is 6. The molecule has 0 aromatic heterocycles. The number of esters is 2. The molecule has 12 nitrogen and oxygen atoms in total. The van der Waals surface area contributed by atoms with Crippen molar-refractivity contribution in [2.45, 2.75) is 166 Å². The summed E-state index contributed by atoms with van der Waals surface area (Å²) in [6.07, 6.45) is 19.5. The fraction of sp³-hybridized carbons (Fsp3) is 0.784. The maximum atomic E-state index is 12.6. The summed E-state index contributed by atoms with van der Waals surface area (Å²) in [6, 6.07) is 0. The lowest BCUT2D eigenvalue weighted by Crippen LogP contribution is -2.60. The van der Waals surface area contributed by atoms with E-state index in [1.165, 1.54) is 6.42 Å². The number of hydrogen-bond acceptors (Lipinski definition) is 11. The summed E-state index contributed by atoms with van der Waals surface area (Å²) >= 11 is 0. The highest BCUT2D eigenvalue weighted by molar-refractivity contribution is 7.85. The average molecular weight is 733 g/mol. The zero-order valence-corrected chi connectivity index (χ0v) is 31.1. The molecule has 0 aromatic carbocycles. The van der Waals surface area contributed by atoms with Crippen LogP contribution in [0.1, 0.15) is 129 Å². The predicted octanol–water partition coefficient (Wildman–Crippen LogP) is 5.88. The average Bonchev–Trinajstić information content (AvgIpc) is 3.07. The zero-order valence-electron chi connectivity index (χ0n) is 30.2. The molecule has 0 saturated carbocycles. The normalized spacial score (nSPS) is 22.1. The molecule has 1 aliphatic heterocycles. The Bertz CT molecular complexity index is 1090. The number of ether oxygens (including phenoxy) is 4. The van der Waals surface area contributed by atoms with E-state index in [1.807, 2.05) is 0 Å². The fourth-order valence-electron chi connectivity index (χ4n) is 5.34. The van der Waals surface area contributed by atoms with Gasteiger partial charge < -0.3 is 34.3 Å². The van der Waals surface area contributed by atoms with Gasteiger partial charge in [-0.1, -0.05) is 108 Å². The van der Waals surface area contributed by atoms with Gasteiger partial charge in [-0.15, -0.1) is 0 Å². The first-order valence-electron chi connectivity index (χ1n) is 18.5. The largest absolute Gasteiger partial charge is 0.462 e. The van der Waals surface area contributed by atoms with Crippen LogP contribution >= 0.6 is 0 Å². The molecule has 290 valence electrons. The Morgan fingerprint density at radius 1 is 0.700 bits per heavy atom. The van der Waals surface area contributed by atoms with Gasteiger partial charge in [0.1, 0.15) is 36.8 Å². The first-order chi connectivity index (χ1) is 24.0. The summed E-state index contributed by atoms with van der Waals surface area (Å²) in [5.74, 6) is -2.02. The molecule has 1 aliphatic rings. The zero-order chi connectivity index (χ0) is 37.0. The van der Waals surface area contributed by atoms with Crippen molar-refractivity contribution in [3.05, 3.63) is 36.5 Å². The highest BCUT2D eigenvalue weighted by Crippen LogP contribution is 2.24. The van der Waals surface area contributed by atoms with E-state index in [4.69, 9.17) is 18.9 Å². The van der Waals surface area contributed by atoms with Gasteiger partial charge in [0.25, 0.3) is 10.1 Å². The number of unbranched alkanes of at least 4 members (excludes halogenated alkanes) is 11. The van der Waals surface area contributed by atoms with E-state index in [0.29, 0.717) is 12.8 Å². The van der Waals surface area contributed by atoms with E-state index >= 15 is 0 Å². The number of hydrogen-bond donors (Lipinski definition) is 4. The van der Waals surface area contributed by atoms with Crippen LogP contribution in [-0.2, 0) is 38.7 Å². The molecule has 13 heteroatoms. The van der Waals surface area contributed by atoms with Crippen LogP contribution < -0.4 is 0 Å². The molecule has 0 spiro atoms. The third kappa shape index (κ3) is 23.4. The number of rotatable bonds is 29. The maximum Gasteiger partial charge on any atom is 0.306 e. The monoisotopic (exact) mass is 732 g/mol. The van der Waals surface area contributed by atoms with Gasteiger partial charge in [0.2, 0.25) is 0 Å². The van der Waals surface area contributed by atoms with E-state index < -0.39 is 71.2 Å². The molecule has 50 heavy (non-hydrogen) atoms. The van der Waals surface area contributed by atoms with Crippen LogP contribution in [0.3, 0.4) is 0 Å². The van der Waals surface area contributed by atoms with Gasteiger partial charge in [-0.05, 0) is 44.9 Å². The Balaban J connectivity index is 2.51. The highest BCUT2D eigenvalue weighted by Gasteiger charge is 2.46. The van der Waals surface area contributed by atoms with Crippen LogP contribution in [-0.4, -0.2) is 96.0 Å². The number of carbonyl (C=O) groups is 2. The van der Waals surface area contributed by atoms with Crippen LogP contribution in [0.15, 0.2) is 36.5 Å². The molecule has 0 amide bonds.